The summed E-state index contributed by atoms with van der Waals surface area (Å²) in [7, 11) is -3.73. The van der Waals surface area contributed by atoms with E-state index in [0.717, 1.165) is 41.9 Å². The second-order valence-corrected chi connectivity index (χ2v) is 9.24. The van der Waals surface area contributed by atoms with Gasteiger partial charge in [0.2, 0.25) is 10.0 Å². The Kier molecular flexibility index (Phi) is 4.65. The number of fused-ring (bicyclic) bond motifs is 2. The first-order valence-corrected chi connectivity index (χ1v) is 11.3. The first kappa shape index (κ1) is 19.0. The predicted molar refractivity (Wildman–Crippen MR) is 117 cm³/mol. The number of nitrogens with zero attached hydrogens (tertiary/aromatic N) is 3. The summed E-state index contributed by atoms with van der Waals surface area (Å²) in [5.74, 6) is 0.813. The lowest BCUT2D eigenvalue weighted by Gasteiger charge is -2.17. The summed E-state index contributed by atoms with van der Waals surface area (Å²) in [6.07, 6.45) is 4.74. The standard InChI is InChI=1S/C21H22N6O2S/c22-30(28,29)16-4-5-19-20(10-16)26-21(25-19)13-27-9-7-15(12-27)24-18-3-1-2-14-11-23-8-6-17(14)18/h1-6,8,10-11,15,24H,7,9,12-13H2,(H,25,26)(H2,22,28,29)/t15-/m1/s1. The third-order valence-corrected chi connectivity index (χ3v) is 6.43. The van der Waals surface area contributed by atoms with Gasteiger partial charge < -0.3 is 10.3 Å². The molecule has 9 heteroatoms. The number of aromatic nitrogens is 3. The highest BCUT2D eigenvalue weighted by atomic mass is 32.2. The summed E-state index contributed by atoms with van der Waals surface area (Å²) in [4.78, 5) is 14.4. The molecule has 4 N–H and O–H groups in total. The van der Waals surface area contributed by atoms with Gasteiger partial charge >= 0.3 is 0 Å². The molecule has 2 aromatic carbocycles. The first-order chi connectivity index (χ1) is 14.5. The average Bonchev–Trinajstić information content (AvgIpc) is 3.33. The number of benzene rings is 2. The van der Waals surface area contributed by atoms with Crippen LogP contribution in [0, 0.1) is 0 Å². The normalized spacial score (nSPS) is 17.7. The molecule has 5 rings (SSSR count). The molecule has 0 saturated carbocycles. The fourth-order valence-electron chi connectivity index (χ4n) is 4.07. The predicted octanol–water partition coefficient (Wildman–Crippen LogP) is 2.44. The average molecular weight is 423 g/mol. The molecule has 3 heterocycles. The molecule has 1 aliphatic heterocycles. The lowest BCUT2D eigenvalue weighted by Crippen LogP contribution is -2.26. The number of likely N-dealkylation sites (tertiary alicyclic amines) is 1. The highest BCUT2D eigenvalue weighted by Gasteiger charge is 2.23. The van der Waals surface area contributed by atoms with Crippen LogP contribution in [0.4, 0.5) is 5.69 Å². The quantitative estimate of drug-likeness (QED) is 0.455. The van der Waals surface area contributed by atoms with Crippen LogP contribution in [0.1, 0.15) is 12.2 Å². The number of primary sulfonamides is 1. The molecular formula is C21H22N6O2S. The van der Waals surface area contributed by atoms with E-state index < -0.39 is 10.0 Å². The van der Waals surface area contributed by atoms with Crippen molar-refractivity contribution in [2.75, 3.05) is 18.4 Å². The third-order valence-electron chi connectivity index (χ3n) is 5.52. The number of anilines is 1. The number of aromatic amines is 1. The molecular weight excluding hydrogens is 400 g/mol. The maximum Gasteiger partial charge on any atom is 0.238 e. The molecule has 154 valence electrons. The van der Waals surface area contributed by atoms with Gasteiger partial charge in [-0.25, -0.2) is 18.5 Å². The molecule has 0 unspecified atom stereocenters. The minimum Gasteiger partial charge on any atom is -0.380 e. The molecule has 1 atom stereocenters. The number of hydrogen-bond acceptors (Lipinski definition) is 6. The largest absolute Gasteiger partial charge is 0.380 e. The van der Waals surface area contributed by atoms with Crippen LogP contribution in [0.15, 0.2) is 59.8 Å². The van der Waals surface area contributed by atoms with Gasteiger partial charge in [-0.1, -0.05) is 12.1 Å². The lowest BCUT2D eigenvalue weighted by atomic mass is 10.1. The van der Waals surface area contributed by atoms with Crippen molar-refractivity contribution in [3.05, 3.63) is 60.7 Å². The van der Waals surface area contributed by atoms with E-state index in [1.807, 2.05) is 24.5 Å². The van der Waals surface area contributed by atoms with Crippen LogP contribution < -0.4 is 10.5 Å². The summed E-state index contributed by atoms with van der Waals surface area (Å²) in [6.45, 7) is 2.54. The van der Waals surface area contributed by atoms with E-state index in [-0.39, 0.29) is 4.90 Å². The summed E-state index contributed by atoms with van der Waals surface area (Å²) < 4.78 is 23.1. The molecule has 1 aliphatic rings. The van der Waals surface area contributed by atoms with Gasteiger partial charge in [0.05, 0.1) is 22.5 Å². The van der Waals surface area contributed by atoms with Crippen molar-refractivity contribution >= 4 is 37.5 Å². The smallest absolute Gasteiger partial charge is 0.238 e. The minimum absolute atomic E-state index is 0.0842. The van der Waals surface area contributed by atoms with Crippen LogP contribution >= 0.6 is 0 Å². The zero-order valence-electron chi connectivity index (χ0n) is 16.2. The molecule has 0 amide bonds. The van der Waals surface area contributed by atoms with Gasteiger partial charge in [0, 0.05) is 48.0 Å². The Hall–Kier alpha value is -3.01. The molecule has 4 aromatic rings. The second-order valence-electron chi connectivity index (χ2n) is 7.67. The van der Waals surface area contributed by atoms with E-state index in [1.54, 1.807) is 6.07 Å². The number of rotatable bonds is 5. The lowest BCUT2D eigenvalue weighted by molar-refractivity contribution is 0.321. The van der Waals surface area contributed by atoms with Crippen molar-refractivity contribution in [1.82, 2.24) is 19.9 Å². The number of hydrogen-bond donors (Lipinski definition) is 3. The van der Waals surface area contributed by atoms with Gasteiger partial charge in [0.15, 0.2) is 0 Å². The Morgan fingerprint density at radius 3 is 3.00 bits per heavy atom. The monoisotopic (exact) mass is 422 g/mol. The number of pyridine rings is 1. The van der Waals surface area contributed by atoms with E-state index in [1.165, 1.54) is 17.5 Å². The maximum absolute atomic E-state index is 11.6. The number of nitrogens with two attached hydrogens (primary N) is 1. The fourth-order valence-corrected chi connectivity index (χ4v) is 4.61. The van der Waals surface area contributed by atoms with Crippen LogP contribution in [0.5, 0.6) is 0 Å². The summed E-state index contributed by atoms with van der Waals surface area (Å²) in [5, 5.41) is 11.2. The molecule has 0 aliphatic carbocycles. The summed E-state index contributed by atoms with van der Waals surface area (Å²) >= 11 is 0. The Morgan fingerprint density at radius 2 is 2.13 bits per heavy atom. The van der Waals surface area contributed by atoms with E-state index in [9.17, 15) is 8.42 Å². The van der Waals surface area contributed by atoms with Crippen molar-refractivity contribution < 1.29 is 8.42 Å². The highest BCUT2D eigenvalue weighted by molar-refractivity contribution is 7.89. The van der Waals surface area contributed by atoms with Crippen molar-refractivity contribution in [1.29, 1.82) is 0 Å². The number of sulfonamides is 1. The Morgan fingerprint density at radius 1 is 1.23 bits per heavy atom. The Balaban J connectivity index is 1.28. The molecule has 0 bridgehead atoms. The van der Waals surface area contributed by atoms with Gasteiger partial charge in [-0.2, -0.15) is 0 Å². The number of nitrogens with one attached hydrogen (secondary N) is 2. The molecule has 1 saturated heterocycles. The number of H-pyrrole nitrogens is 1. The Labute approximate surface area is 174 Å². The Bertz CT molecular complexity index is 1330. The topological polar surface area (TPSA) is 117 Å². The van der Waals surface area contributed by atoms with Gasteiger partial charge in [-0.3, -0.25) is 9.88 Å². The molecule has 0 spiro atoms. The molecule has 0 radical (unpaired) electrons. The maximum atomic E-state index is 11.6. The van der Waals surface area contributed by atoms with Gasteiger partial charge in [-0.05, 0) is 36.8 Å². The summed E-state index contributed by atoms with van der Waals surface area (Å²) in [6, 6.07) is 13.3. The molecule has 30 heavy (non-hydrogen) atoms. The van der Waals surface area contributed by atoms with Crippen molar-refractivity contribution in [3.63, 3.8) is 0 Å². The van der Waals surface area contributed by atoms with Crippen LogP contribution in [0.3, 0.4) is 0 Å². The van der Waals surface area contributed by atoms with E-state index >= 15 is 0 Å². The third kappa shape index (κ3) is 3.74. The molecule has 8 nitrogen and oxygen atoms in total. The van der Waals surface area contributed by atoms with Crippen LogP contribution in [0.25, 0.3) is 21.8 Å². The first-order valence-electron chi connectivity index (χ1n) is 9.79. The van der Waals surface area contributed by atoms with Crippen molar-refractivity contribution in [2.24, 2.45) is 5.14 Å². The molecule has 2 aromatic heterocycles. The molecule has 1 fully saturated rings. The van der Waals surface area contributed by atoms with Gasteiger partial charge in [0.25, 0.3) is 0 Å². The zero-order chi connectivity index (χ0) is 20.7. The zero-order valence-corrected chi connectivity index (χ0v) is 17.1. The van der Waals surface area contributed by atoms with E-state index in [0.29, 0.717) is 18.1 Å². The highest BCUT2D eigenvalue weighted by Crippen LogP contribution is 2.25. The van der Waals surface area contributed by atoms with Gasteiger partial charge in [0.1, 0.15) is 5.82 Å². The second kappa shape index (κ2) is 7.35. The van der Waals surface area contributed by atoms with Crippen molar-refractivity contribution in [2.45, 2.75) is 23.9 Å². The van der Waals surface area contributed by atoms with E-state index in [4.69, 9.17) is 5.14 Å². The van der Waals surface area contributed by atoms with Crippen LogP contribution in [-0.4, -0.2) is 47.4 Å². The van der Waals surface area contributed by atoms with Crippen LogP contribution in [-0.2, 0) is 16.6 Å². The summed E-state index contributed by atoms with van der Waals surface area (Å²) in [5.41, 5.74) is 2.53. The van der Waals surface area contributed by atoms with Gasteiger partial charge in [-0.15, -0.1) is 0 Å². The van der Waals surface area contributed by atoms with Crippen LogP contribution in [0.2, 0.25) is 0 Å². The number of imidazole rings is 1. The van der Waals surface area contributed by atoms with E-state index in [2.05, 4.69) is 37.3 Å². The minimum atomic E-state index is -3.73. The SMILES string of the molecule is NS(=O)(=O)c1ccc2nc(CN3CC[C@@H](Nc4cccc5cnccc45)C3)[nH]c2c1. The van der Waals surface area contributed by atoms with Crippen molar-refractivity contribution in [3.8, 4) is 0 Å². The fraction of sp³-hybridized carbons (Fsp3) is 0.238.